The predicted octanol–water partition coefficient (Wildman–Crippen LogP) is 4.62. The first kappa shape index (κ1) is 23.8. The van der Waals surface area contributed by atoms with Crippen molar-refractivity contribution in [1.82, 2.24) is 15.0 Å². The van der Waals surface area contributed by atoms with Gasteiger partial charge in [-0.2, -0.15) is 0 Å². The Morgan fingerprint density at radius 2 is 1.97 bits per heavy atom. The fourth-order valence-electron chi connectivity index (χ4n) is 4.85. The van der Waals surface area contributed by atoms with Gasteiger partial charge in [0.2, 0.25) is 5.91 Å². The number of aromatic nitrogens is 1. The van der Waals surface area contributed by atoms with Crippen LogP contribution in [-0.2, 0) is 11.2 Å². The van der Waals surface area contributed by atoms with Gasteiger partial charge in [0, 0.05) is 49.4 Å². The standard InChI is InChI=1S/C25H32BrN3O4/c1-3-21-24(17(2)33-27-21)25(31)29-13-10-22(32-20-9-7-8-19(26)15-20)18(16-29)14-23(30)28-11-5-4-6-12-28/h7-9,15,18,22H,3-6,10-14,16H2,1-2H3/t18-,22-/m0/s1. The first-order chi connectivity index (χ1) is 16.0. The van der Waals surface area contributed by atoms with Gasteiger partial charge in [-0.3, -0.25) is 9.59 Å². The summed E-state index contributed by atoms with van der Waals surface area (Å²) in [6.07, 6.45) is 4.86. The van der Waals surface area contributed by atoms with Crippen molar-refractivity contribution in [2.45, 2.75) is 58.5 Å². The second-order valence-corrected chi connectivity index (χ2v) is 9.89. The lowest BCUT2D eigenvalue weighted by Crippen LogP contribution is -2.50. The molecule has 2 amide bonds. The molecule has 0 unspecified atom stereocenters. The summed E-state index contributed by atoms with van der Waals surface area (Å²) in [5.41, 5.74) is 1.25. The molecular formula is C25H32BrN3O4. The maximum atomic E-state index is 13.4. The van der Waals surface area contributed by atoms with E-state index < -0.39 is 0 Å². The largest absolute Gasteiger partial charge is 0.490 e. The smallest absolute Gasteiger partial charge is 0.259 e. The van der Waals surface area contributed by atoms with Gasteiger partial charge in [0.05, 0.1) is 5.69 Å². The number of carbonyl (C=O) groups is 2. The molecule has 0 spiro atoms. The normalized spacial score (nSPS) is 21.2. The third-order valence-electron chi connectivity index (χ3n) is 6.66. The Bertz CT molecular complexity index is 986. The molecule has 1 aromatic heterocycles. The predicted molar refractivity (Wildman–Crippen MR) is 128 cm³/mol. The van der Waals surface area contributed by atoms with Crippen molar-refractivity contribution in [3.8, 4) is 5.75 Å². The fraction of sp³-hybridized carbons (Fsp3) is 0.560. The molecule has 0 aliphatic carbocycles. The molecular weight excluding hydrogens is 486 g/mol. The van der Waals surface area contributed by atoms with Crippen molar-refractivity contribution in [1.29, 1.82) is 0 Å². The molecule has 2 fully saturated rings. The van der Waals surface area contributed by atoms with Gasteiger partial charge in [0.15, 0.2) is 0 Å². The second-order valence-electron chi connectivity index (χ2n) is 8.97. The zero-order valence-electron chi connectivity index (χ0n) is 19.4. The lowest BCUT2D eigenvalue weighted by molar-refractivity contribution is -0.134. The van der Waals surface area contributed by atoms with E-state index >= 15 is 0 Å². The van der Waals surface area contributed by atoms with Crippen LogP contribution in [0.5, 0.6) is 5.75 Å². The molecule has 3 heterocycles. The van der Waals surface area contributed by atoms with E-state index in [4.69, 9.17) is 9.26 Å². The van der Waals surface area contributed by atoms with Gasteiger partial charge in [-0.15, -0.1) is 0 Å². The third-order valence-corrected chi connectivity index (χ3v) is 7.16. The Morgan fingerprint density at radius 1 is 1.18 bits per heavy atom. The van der Waals surface area contributed by atoms with Crippen molar-refractivity contribution in [3.05, 3.63) is 45.8 Å². The summed E-state index contributed by atoms with van der Waals surface area (Å²) in [5.74, 6) is 1.33. The molecule has 33 heavy (non-hydrogen) atoms. The highest BCUT2D eigenvalue weighted by atomic mass is 79.9. The Balaban J connectivity index is 1.52. The van der Waals surface area contributed by atoms with E-state index in [2.05, 4.69) is 21.1 Å². The van der Waals surface area contributed by atoms with Crippen LogP contribution in [0.25, 0.3) is 0 Å². The third kappa shape index (κ3) is 5.60. The topological polar surface area (TPSA) is 75.9 Å². The van der Waals surface area contributed by atoms with Crippen LogP contribution < -0.4 is 4.74 Å². The van der Waals surface area contributed by atoms with Crippen molar-refractivity contribution in [3.63, 3.8) is 0 Å². The fourth-order valence-corrected chi connectivity index (χ4v) is 5.23. The van der Waals surface area contributed by atoms with Gasteiger partial charge in [-0.05, 0) is 50.8 Å². The highest BCUT2D eigenvalue weighted by Crippen LogP contribution is 2.30. The Hall–Kier alpha value is -2.35. The molecule has 0 bridgehead atoms. The van der Waals surface area contributed by atoms with E-state index in [0.717, 1.165) is 36.2 Å². The molecule has 2 aromatic rings. The molecule has 2 saturated heterocycles. The molecule has 2 aliphatic rings. The van der Waals surface area contributed by atoms with Crippen molar-refractivity contribution in [2.24, 2.45) is 5.92 Å². The van der Waals surface area contributed by atoms with E-state index in [-0.39, 0.29) is 23.8 Å². The van der Waals surface area contributed by atoms with Gasteiger partial charge in [-0.1, -0.05) is 34.1 Å². The average molecular weight is 518 g/mol. The summed E-state index contributed by atoms with van der Waals surface area (Å²) in [7, 11) is 0. The maximum absolute atomic E-state index is 13.4. The summed E-state index contributed by atoms with van der Waals surface area (Å²) >= 11 is 3.50. The Labute approximate surface area is 203 Å². The highest BCUT2D eigenvalue weighted by molar-refractivity contribution is 9.10. The lowest BCUT2D eigenvalue weighted by Gasteiger charge is -2.39. The average Bonchev–Trinajstić information content (AvgIpc) is 3.20. The van der Waals surface area contributed by atoms with Crippen molar-refractivity contribution >= 4 is 27.7 Å². The summed E-state index contributed by atoms with van der Waals surface area (Å²) in [5, 5.41) is 4.05. The molecule has 2 atom stereocenters. The summed E-state index contributed by atoms with van der Waals surface area (Å²) in [6.45, 7) is 6.44. The number of carbonyl (C=O) groups excluding carboxylic acids is 2. The van der Waals surface area contributed by atoms with Gasteiger partial charge < -0.3 is 19.1 Å². The number of nitrogens with zero attached hydrogens (tertiary/aromatic N) is 3. The van der Waals surface area contributed by atoms with Crippen molar-refractivity contribution < 1.29 is 18.8 Å². The molecule has 4 rings (SSSR count). The number of aryl methyl sites for hydroxylation is 2. The van der Waals surface area contributed by atoms with E-state index in [1.807, 2.05) is 41.0 Å². The van der Waals surface area contributed by atoms with Crippen molar-refractivity contribution in [2.75, 3.05) is 26.2 Å². The number of hydrogen-bond acceptors (Lipinski definition) is 5. The number of ether oxygens (including phenoxy) is 1. The van der Waals surface area contributed by atoms with E-state index in [1.165, 1.54) is 6.42 Å². The minimum Gasteiger partial charge on any atom is -0.490 e. The molecule has 0 saturated carbocycles. The van der Waals surface area contributed by atoms with Crippen LogP contribution in [0.4, 0.5) is 0 Å². The Kier molecular flexibility index (Phi) is 7.73. The van der Waals surface area contributed by atoms with Crippen LogP contribution >= 0.6 is 15.9 Å². The van der Waals surface area contributed by atoms with E-state index in [9.17, 15) is 9.59 Å². The van der Waals surface area contributed by atoms with Gasteiger partial charge in [-0.25, -0.2) is 0 Å². The maximum Gasteiger partial charge on any atom is 0.259 e. The first-order valence-electron chi connectivity index (χ1n) is 11.9. The minimum atomic E-state index is -0.133. The zero-order chi connectivity index (χ0) is 23.4. The number of benzene rings is 1. The first-order valence-corrected chi connectivity index (χ1v) is 12.7. The van der Waals surface area contributed by atoms with Gasteiger partial charge >= 0.3 is 0 Å². The lowest BCUT2D eigenvalue weighted by atomic mass is 9.90. The Morgan fingerprint density at radius 3 is 2.70 bits per heavy atom. The molecule has 0 radical (unpaired) electrons. The second kappa shape index (κ2) is 10.7. The van der Waals surface area contributed by atoms with E-state index in [0.29, 0.717) is 49.4 Å². The highest BCUT2D eigenvalue weighted by Gasteiger charge is 2.37. The van der Waals surface area contributed by atoms with Crippen LogP contribution in [0.3, 0.4) is 0 Å². The van der Waals surface area contributed by atoms with Gasteiger partial charge in [0.1, 0.15) is 23.2 Å². The van der Waals surface area contributed by atoms with Crippen LogP contribution in [0.15, 0.2) is 33.3 Å². The number of likely N-dealkylation sites (tertiary alicyclic amines) is 2. The number of amides is 2. The summed E-state index contributed by atoms with van der Waals surface area (Å²) in [4.78, 5) is 30.3. The monoisotopic (exact) mass is 517 g/mol. The molecule has 7 nitrogen and oxygen atoms in total. The molecule has 1 aromatic carbocycles. The molecule has 2 aliphatic heterocycles. The SMILES string of the molecule is CCc1noc(C)c1C(=O)N1CC[C@H](Oc2cccc(Br)c2)[C@@H](CC(=O)N2CCCCC2)C1. The number of rotatable bonds is 6. The molecule has 0 N–H and O–H groups in total. The summed E-state index contributed by atoms with van der Waals surface area (Å²) in [6, 6.07) is 7.76. The molecule has 178 valence electrons. The van der Waals surface area contributed by atoms with Crippen LogP contribution in [0.2, 0.25) is 0 Å². The number of hydrogen-bond donors (Lipinski definition) is 0. The number of piperidine rings is 2. The number of halogens is 1. The van der Waals surface area contributed by atoms with Crippen LogP contribution in [0, 0.1) is 12.8 Å². The zero-order valence-corrected chi connectivity index (χ0v) is 21.0. The van der Waals surface area contributed by atoms with Gasteiger partial charge in [0.25, 0.3) is 5.91 Å². The minimum absolute atomic E-state index is 0.0677. The summed E-state index contributed by atoms with van der Waals surface area (Å²) < 4.78 is 12.6. The van der Waals surface area contributed by atoms with Crippen LogP contribution in [-0.4, -0.2) is 59.1 Å². The quantitative estimate of drug-likeness (QED) is 0.558. The molecule has 8 heteroatoms. The van der Waals surface area contributed by atoms with Crippen LogP contribution in [0.1, 0.15) is 60.8 Å². The van der Waals surface area contributed by atoms with E-state index in [1.54, 1.807) is 6.92 Å².